The van der Waals surface area contributed by atoms with Crippen LogP contribution in [0.25, 0.3) is 0 Å². The summed E-state index contributed by atoms with van der Waals surface area (Å²) in [6.45, 7) is 2.05. The van der Waals surface area contributed by atoms with Crippen molar-refractivity contribution in [2.45, 2.75) is 18.9 Å². The minimum atomic E-state index is 0.252. The fourth-order valence-electron chi connectivity index (χ4n) is 2.65. The summed E-state index contributed by atoms with van der Waals surface area (Å²) in [6, 6.07) is 4.30. The summed E-state index contributed by atoms with van der Waals surface area (Å²) in [5, 5.41) is 3.49. The number of hydrogen-bond donors (Lipinski definition) is 1. The highest BCUT2D eigenvalue weighted by Crippen LogP contribution is 2.44. The van der Waals surface area contributed by atoms with E-state index in [-0.39, 0.29) is 6.04 Å². The Morgan fingerprint density at radius 2 is 1.89 bits per heavy atom. The topological polar surface area (TPSA) is 42.9 Å². The van der Waals surface area contributed by atoms with Crippen molar-refractivity contribution in [2.24, 2.45) is 4.99 Å². The molecule has 94 valence electrons. The quantitative estimate of drug-likeness (QED) is 0.869. The highest BCUT2D eigenvalue weighted by Gasteiger charge is 2.34. The average Bonchev–Trinajstić information content (AvgIpc) is 2.76. The Kier molecular flexibility index (Phi) is 2.51. The molecule has 0 bridgehead atoms. The molecule has 0 aromatic heterocycles. The zero-order valence-corrected chi connectivity index (χ0v) is 10.7. The van der Waals surface area contributed by atoms with Gasteiger partial charge in [-0.25, -0.2) is 0 Å². The maximum atomic E-state index is 5.36. The summed E-state index contributed by atoms with van der Waals surface area (Å²) in [5.74, 6) is 1.85. The Balaban J connectivity index is 2.08. The molecule has 0 aliphatic carbocycles. The number of anilines is 1. The van der Waals surface area contributed by atoms with Crippen molar-refractivity contribution in [1.29, 1.82) is 0 Å². The summed E-state index contributed by atoms with van der Waals surface area (Å²) in [5.41, 5.74) is 3.45. The van der Waals surface area contributed by atoms with Gasteiger partial charge >= 0.3 is 0 Å². The predicted octanol–water partition coefficient (Wildman–Crippen LogP) is 2.57. The standard InChI is InChI=1S/C14H16N2O2/c1-8-14-9(4-5-15-8)10-6-12(17-2)13(18-3)7-11(10)16-14/h4-7,9,14,16H,1-3H3. The largest absolute Gasteiger partial charge is 0.493 e. The smallest absolute Gasteiger partial charge is 0.162 e. The average molecular weight is 244 g/mol. The molecule has 0 saturated carbocycles. The van der Waals surface area contributed by atoms with Crippen molar-refractivity contribution >= 4 is 11.4 Å². The molecular weight excluding hydrogens is 228 g/mol. The van der Waals surface area contributed by atoms with Gasteiger partial charge in [0.2, 0.25) is 0 Å². The first-order valence-electron chi connectivity index (χ1n) is 5.98. The van der Waals surface area contributed by atoms with Crippen LogP contribution in [0, 0.1) is 0 Å². The van der Waals surface area contributed by atoms with E-state index < -0.39 is 0 Å². The van der Waals surface area contributed by atoms with E-state index in [2.05, 4.69) is 29.4 Å². The van der Waals surface area contributed by atoms with E-state index in [1.807, 2.05) is 12.3 Å². The number of methoxy groups -OCH3 is 2. The number of rotatable bonds is 2. The van der Waals surface area contributed by atoms with Gasteiger partial charge in [-0.2, -0.15) is 0 Å². The molecule has 1 aromatic rings. The number of hydrogen-bond acceptors (Lipinski definition) is 4. The lowest BCUT2D eigenvalue weighted by molar-refractivity contribution is 0.355. The number of nitrogens with zero attached hydrogens (tertiary/aromatic N) is 1. The van der Waals surface area contributed by atoms with E-state index in [0.29, 0.717) is 5.92 Å². The SMILES string of the molecule is COc1cc2c(cc1OC)C1C=CN=C(C)C1N2. The first-order chi connectivity index (χ1) is 8.74. The molecule has 0 fully saturated rings. The molecule has 2 aliphatic heterocycles. The van der Waals surface area contributed by atoms with Crippen molar-refractivity contribution in [3.63, 3.8) is 0 Å². The molecule has 2 aliphatic rings. The Labute approximate surface area is 106 Å². The minimum absolute atomic E-state index is 0.252. The van der Waals surface area contributed by atoms with Gasteiger partial charge in [0.15, 0.2) is 11.5 Å². The fraction of sp³-hybridized carbons (Fsp3) is 0.357. The van der Waals surface area contributed by atoms with Gasteiger partial charge in [-0.1, -0.05) is 6.08 Å². The van der Waals surface area contributed by atoms with Crippen LogP contribution in [0.5, 0.6) is 11.5 Å². The van der Waals surface area contributed by atoms with Crippen LogP contribution in [0.1, 0.15) is 18.4 Å². The molecule has 2 unspecified atom stereocenters. The van der Waals surface area contributed by atoms with Gasteiger partial charge in [0.25, 0.3) is 0 Å². The molecule has 1 N–H and O–H groups in total. The minimum Gasteiger partial charge on any atom is -0.493 e. The van der Waals surface area contributed by atoms with E-state index in [1.54, 1.807) is 14.2 Å². The zero-order chi connectivity index (χ0) is 12.7. The third kappa shape index (κ3) is 1.49. The van der Waals surface area contributed by atoms with Crippen LogP contribution in [0.3, 0.4) is 0 Å². The Hall–Kier alpha value is -1.97. The second kappa shape index (κ2) is 4.05. The molecule has 3 rings (SSSR count). The van der Waals surface area contributed by atoms with E-state index in [4.69, 9.17) is 9.47 Å². The molecule has 4 nitrogen and oxygen atoms in total. The third-order valence-corrected chi connectivity index (χ3v) is 3.61. The van der Waals surface area contributed by atoms with Crippen molar-refractivity contribution < 1.29 is 9.47 Å². The molecular formula is C14H16N2O2. The monoisotopic (exact) mass is 244 g/mol. The number of aliphatic imine (C=N–C) groups is 1. The normalized spacial score (nSPS) is 23.8. The van der Waals surface area contributed by atoms with Gasteiger partial charge in [-0.05, 0) is 18.6 Å². The van der Waals surface area contributed by atoms with Crippen molar-refractivity contribution in [2.75, 3.05) is 19.5 Å². The van der Waals surface area contributed by atoms with Crippen LogP contribution < -0.4 is 14.8 Å². The van der Waals surface area contributed by atoms with Crippen molar-refractivity contribution in [1.82, 2.24) is 0 Å². The van der Waals surface area contributed by atoms with Crippen LogP contribution in [0.2, 0.25) is 0 Å². The molecule has 0 amide bonds. The van der Waals surface area contributed by atoms with Gasteiger partial charge in [-0.3, -0.25) is 4.99 Å². The number of ether oxygens (including phenoxy) is 2. The van der Waals surface area contributed by atoms with Crippen molar-refractivity contribution in [3.05, 3.63) is 30.0 Å². The Bertz CT molecular complexity index is 549. The summed E-state index contributed by atoms with van der Waals surface area (Å²) in [6.07, 6.45) is 4.01. The van der Waals surface area contributed by atoms with Crippen LogP contribution in [-0.2, 0) is 0 Å². The summed E-state index contributed by atoms with van der Waals surface area (Å²) < 4.78 is 10.7. The highest BCUT2D eigenvalue weighted by molar-refractivity contribution is 5.95. The predicted molar refractivity (Wildman–Crippen MR) is 71.9 cm³/mol. The van der Waals surface area contributed by atoms with Crippen LogP contribution in [-0.4, -0.2) is 26.0 Å². The van der Waals surface area contributed by atoms with E-state index >= 15 is 0 Å². The van der Waals surface area contributed by atoms with Crippen LogP contribution >= 0.6 is 0 Å². The van der Waals surface area contributed by atoms with Gasteiger partial charge in [-0.15, -0.1) is 0 Å². The van der Waals surface area contributed by atoms with E-state index in [9.17, 15) is 0 Å². The molecule has 0 spiro atoms. The summed E-state index contributed by atoms with van der Waals surface area (Å²) in [4.78, 5) is 4.35. The lowest BCUT2D eigenvalue weighted by Gasteiger charge is -2.19. The lowest BCUT2D eigenvalue weighted by Crippen LogP contribution is -2.29. The molecule has 1 aromatic carbocycles. The lowest BCUT2D eigenvalue weighted by atomic mass is 9.91. The molecule has 2 heterocycles. The van der Waals surface area contributed by atoms with Gasteiger partial charge in [0.05, 0.1) is 20.3 Å². The highest BCUT2D eigenvalue weighted by atomic mass is 16.5. The summed E-state index contributed by atoms with van der Waals surface area (Å²) in [7, 11) is 3.31. The van der Waals surface area contributed by atoms with Gasteiger partial charge in [0, 0.05) is 29.6 Å². The molecule has 0 radical (unpaired) electrons. The van der Waals surface area contributed by atoms with E-state index in [1.165, 1.54) is 5.56 Å². The maximum absolute atomic E-state index is 5.36. The van der Waals surface area contributed by atoms with Gasteiger partial charge < -0.3 is 14.8 Å². The second-order valence-corrected chi connectivity index (χ2v) is 4.55. The second-order valence-electron chi connectivity index (χ2n) is 4.55. The summed E-state index contributed by atoms with van der Waals surface area (Å²) >= 11 is 0. The first-order valence-corrected chi connectivity index (χ1v) is 5.98. The number of fused-ring (bicyclic) bond motifs is 3. The number of benzene rings is 1. The number of nitrogens with one attached hydrogen (secondary N) is 1. The molecule has 4 heteroatoms. The molecule has 2 atom stereocenters. The van der Waals surface area contributed by atoms with Gasteiger partial charge in [0.1, 0.15) is 0 Å². The Morgan fingerprint density at radius 1 is 1.17 bits per heavy atom. The first kappa shape index (κ1) is 11.1. The van der Waals surface area contributed by atoms with Crippen molar-refractivity contribution in [3.8, 4) is 11.5 Å². The van der Waals surface area contributed by atoms with E-state index in [0.717, 1.165) is 22.9 Å². The third-order valence-electron chi connectivity index (χ3n) is 3.61. The maximum Gasteiger partial charge on any atom is 0.162 e. The van der Waals surface area contributed by atoms with Crippen LogP contribution in [0.4, 0.5) is 5.69 Å². The zero-order valence-electron chi connectivity index (χ0n) is 10.7. The molecule has 18 heavy (non-hydrogen) atoms. The van der Waals surface area contributed by atoms with Crippen LogP contribution in [0.15, 0.2) is 29.4 Å². The Morgan fingerprint density at radius 3 is 2.61 bits per heavy atom. The fourth-order valence-corrected chi connectivity index (χ4v) is 2.65. The molecule has 0 saturated heterocycles.